The van der Waals surface area contributed by atoms with Crippen LogP contribution in [0.15, 0.2) is 33.7 Å². The number of esters is 1. The van der Waals surface area contributed by atoms with Crippen LogP contribution in [-0.4, -0.2) is 49.5 Å². The number of carbonyl (C=O) groups is 2. The number of aryl methyl sites for hydroxylation is 2. The molecule has 0 unspecified atom stereocenters. The van der Waals surface area contributed by atoms with E-state index in [1.165, 1.54) is 16.4 Å². The summed E-state index contributed by atoms with van der Waals surface area (Å²) in [6.07, 6.45) is 2.70. The Morgan fingerprint density at radius 1 is 1.17 bits per heavy atom. The molecular formula is C19H23N3O6S. The molecule has 2 aromatic rings. The molecule has 1 fully saturated rings. The summed E-state index contributed by atoms with van der Waals surface area (Å²) in [6, 6.07) is 6.07. The van der Waals surface area contributed by atoms with Crippen LogP contribution in [0.3, 0.4) is 0 Å². The Bertz CT molecular complexity index is 1010. The fraction of sp³-hybridized carbons (Fsp3) is 0.421. The van der Waals surface area contributed by atoms with E-state index in [4.69, 9.17) is 9.26 Å². The van der Waals surface area contributed by atoms with E-state index in [0.717, 1.165) is 19.3 Å². The van der Waals surface area contributed by atoms with Gasteiger partial charge in [0.05, 0.1) is 10.6 Å². The molecule has 1 aliphatic rings. The summed E-state index contributed by atoms with van der Waals surface area (Å²) < 4.78 is 37.0. The molecule has 2 heterocycles. The van der Waals surface area contributed by atoms with Gasteiger partial charge in [0.15, 0.2) is 6.61 Å². The third-order valence-electron chi connectivity index (χ3n) is 4.57. The molecule has 1 aromatic carbocycles. The molecule has 1 amide bonds. The lowest BCUT2D eigenvalue weighted by atomic mass is 10.2. The highest BCUT2D eigenvalue weighted by Crippen LogP contribution is 2.26. The lowest BCUT2D eigenvalue weighted by Gasteiger charge is -2.26. The number of anilines is 1. The summed E-state index contributed by atoms with van der Waals surface area (Å²) in [7, 11) is -3.63. The van der Waals surface area contributed by atoms with E-state index in [1.807, 2.05) is 0 Å². The van der Waals surface area contributed by atoms with Crippen LogP contribution in [0.2, 0.25) is 0 Å². The monoisotopic (exact) mass is 421 g/mol. The number of aromatic nitrogens is 1. The molecule has 1 aromatic heterocycles. The fourth-order valence-electron chi connectivity index (χ4n) is 3.06. The normalized spacial score (nSPS) is 15.1. The van der Waals surface area contributed by atoms with Gasteiger partial charge < -0.3 is 14.6 Å². The van der Waals surface area contributed by atoms with Crippen molar-refractivity contribution >= 4 is 27.6 Å². The highest BCUT2D eigenvalue weighted by atomic mass is 32.2. The van der Waals surface area contributed by atoms with Crippen LogP contribution in [0.25, 0.3) is 0 Å². The molecule has 1 aliphatic heterocycles. The molecule has 1 saturated heterocycles. The highest BCUT2D eigenvalue weighted by Gasteiger charge is 2.27. The van der Waals surface area contributed by atoms with Crippen molar-refractivity contribution in [3.8, 4) is 0 Å². The first-order valence-corrected chi connectivity index (χ1v) is 10.7. The average Bonchev–Trinajstić information content (AvgIpc) is 3.14. The van der Waals surface area contributed by atoms with Crippen molar-refractivity contribution in [2.45, 2.75) is 38.0 Å². The number of benzene rings is 1. The smallest absolute Gasteiger partial charge is 0.377 e. The lowest BCUT2D eigenvalue weighted by Crippen LogP contribution is -2.36. The first-order chi connectivity index (χ1) is 13.8. The minimum Gasteiger partial charge on any atom is -0.450 e. The zero-order valence-corrected chi connectivity index (χ0v) is 17.1. The number of sulfonamides is 1. The van der Waals surface area contributed by atoms with Crippen LogP contribution in [-0.2, 0) is 19.6 Å². The van der Waals surface area contributed by atoms with Gasteiger partial charge in [0, 0.05) is 24.8 Å². The third-order valence-corrected chi connectivity index (χ3v) is 6.61. The van der Waals surface area contributed by atoms with E-state index in [0.29, 0.717) is 30.0 Å². The fourth-order valence-corrected chi connectivity index (χ4v) is 4.83. The van der Waals surface area contributed by atoms with Gasteiger partial charge >= 0.3 is 5.97 Å². The van der Waals surface area contributed by atoms with Gasteiger partial charge in [-0.05, 0) is 44.4 Å². The van der Waals surface area contributed by atoms with E-state index < -0.39 is 28.5 Å². The molecule has 0 spiro atoms. The van der Waals surface area contributed by atoms with Crippen LogP contribution in [0.1, 0.15) is 41.1 Å². The number of nitrogens with one attached hydrogen (secondary N) is 1. The van der Waals surface area contributed by atoms with Crippen LogP contribution in [0.4, 0.5) is 5.69 Å². The zero-order valence-electron chi connectivity index (χ0n) is 16.3. The van der Waals surface area contributed by atoms with Gasteiger partial charge in [-0.15, -0.1) is 0 Å². The van der Waals surface area contributed by atoms with Crippen molar-refractivity contribution in [3.63, 3.8) is 0 Å². The zero-order chi connectivity index (χ0) is 21.0. The number of hydrogen-bond acceptors (Lipinski definition) is 7. The van der Waals surface area contributed by atoms with Crippen molar-refractivity contribution in [2.24, 2.45) is 0 Å². The Labute approximate surface area is 169 Å². The lowest BCUT2D eigenvalue weighted by molar-refractivity contribution is -0.119. The van der Waals surface area contributed by atoms with E-state index in [1.54, 1.807) is 26.0 Å². The first kappa shape index (κ1) is 21.0. The van der Waals surface area contributed by atoms with Crippen molar-refractivity contribution in [1.29, 1.82) is 0 Å². The number of piperidine rings is 1. The summed E-state index contributed by atoms with van der Waals surface area (Å²) in [6.45, 7) is 3.81. The molecule has 29 heavy (non-hydrogen) atoms. The van der Waals surface area contributed by atoms with E-state index >= 15 is 0 Å². The summed E-state index contributed by atoms with van der Waals surface area (Å²) in [4.78, 5) is 24.1. The summed E-state index contributed by atoms with van der Waals surface area (Å²) in [5, 5.41) is 6.13. The molecule has 1 N–H and O–H groups in total. The second-order valence-corrected chi connectivity index (χ2v) is 8.81. The molecule has 0 atom stereocenters. The third kappa shape index (κ3) is 5.01. The number of nitrogens with zero attached hydrogens (tertiary/aromatic N) is 2. The van der Waals surface area contributed by atoms with E-state index in [-0.39, 0.29) is 10.7 Å². The summed E-state index contributed by atoms with van der Waals surface area (Å²) in [5.41, 5.74) is 1.42. The second-order valence-electron chi connectivity index (χ2n) is 6.90. The van der Waals surface area contributed by atoms with Gasteiger partial charge in [0.2, 0.25) is 15.8 Å². The number of carbonyl (C=O) groups excluding carboxylic acids is 2. The molecule has 0 saturated carbocycles. The van der Waals surface area contributed by atoms with Crippen LogP contribution in [0, 0.1) is 13.8 Å². The quantitative estimate of drug-likeness (QED) is 0.711. The molecular weight excluding hydrogens is 398 g/mol. The summed E-state index contributed by atoms with van der Waals surface area (Å²) >= 11 is 0. The molecule has 156 valence electrons. The van der Waals surface area contributed by atoms with E-state index in [9.17, 15) is 18.0 Å². The van der Waals surface area contributed by atoms with Crippen LogP contribution >= 0.6 is 0 Å². The maximum atomic E-state index is 12.9. The summed E-state index contributed by atoms with van der Waals surface area (Å²) in [5.74, 6) is -1.50. The second kappa shape index (κ2) is 8.75. The van der Waals surface area contributed by atoms with E-state index in [2.05, 4.69) is 10.5 Å². The molecule has 9 nitrogen and oxygen atoms in total. The van der Waals surface area contributed by atoms with Gasteiger partial charge in [0.1, 0.15) is 0 Å². The van der Waals surface area contributed by atoms with Crippen LogP contribution < -0.4 is 5.32 Å². The SMILES string of the molecule is Cc1cc(C(=O)OCC(=O)Nc2ccc(C)c(S(=O)(=O)N3CCCCC3)c2)on1. The molecule has 0 bridgehead atoms. The molecule has 0 radical (unpaired) electrons. The van der Waals surface area contributed by atoms with Gasteiger partial charge in [-0.1, -0.05) is 17.6 Å². The van der Waals surface area contributed by atoms with Gasteiger partial charge in [-0.3, -0.25) is 4.79 Å². The highest BCUT2D eigenvalue weighted by molar-refractivity contribution is 7.89. The Balaban J connectivity index is 1.66. The molecule has 3 rings (SSSR count). The maximum absolute atomic E-state index is 12.9. The Hall–Kier alpha value is -2.72. The van der Waals surface area contributed by atoms with Crippen molar-refractivity contribution in [1.82, 2.24) is 9.46 Å². The Morgan fingerprint density at radius 3 is 2.55 bits per heavy atom. The van der Waals surface area contributed by atoms with Gasteiger partial charge in [-0.25, -0.2) is 13.2 Å². The van der Waals surface area contributed by atoms with Gasteiger partial charge in [-0.2, -0.15) is 4.31 Å². The largest absolute Gasteiger partial charge is 0.450 e. The Kier molecular flexibility index (Phi) is 6.33. The van der Waals surface area contributed by atoms with Crippen molar-refractivity contribution in [3.05, 3.63) is 41.3 Å². The minimum absolute atomic E-state index is 0.0967. The number of rotatable bonds is 6. The predicted octanol–water partition coefficient (Wildman–Crippen LogP) is 2.26. The number of amides is 1. The average molecular weight is 421 g/mol. The topological polar surface area (TPSA) is 119 Å². The van der Waals surface area contributed by atoms with Crippen molar-refractivity contribution < 1.29 is 27.3 Å². The van der Waals surface area contributed by atoms with Crippen molar-refractivity contribution in [2.75, 3.05) is 25.0 Å². The van der Waals surface area contributed by atoms with Crippen LogP contribution in [0.5, 0.6) is 0 Å². The number of hydrogen-bond donors (Lipinski definition) is 1. The molecule has 10 heteroatoms. The molecule has 0 aliphatic carbocycles. The minimum atomic E-state index is -3.63. The first-order valence-electron chi connectivity index (χ1n) is 9.28. The van der Waals surface area contributed by atoms with Gasteiger partial charge in [0.25, 0.3) is 5.91 Å². The standard InChI is InChI=1S/C19H23N3O6S/c1-13-6-7-15(11-17(13)29(25,26)22-8-4-3-5-9-22)20-18(23)12-27-19(24)16-10-14(2)21-28-16/h6-7,10-11H,3-5,8-9,12H2,1-2H3,(H,20,23). The maximum Gasteiger partial charge on any atom is 0.377 e. The number of ether oxygens (including phenoxy) is 1. The Morgan fingerprint density at radius 2 is 1.90 bits per heavy atom. The predicted molar refractivity (Wildman–Crippen MR) is 104 cm³/mol.